The topological polar surface area (TPSA) is 70.1 Å². The summed E-state index contributed by atoms with van der Waals surface area (Å²) in [7, 11) is 0. The highest BCUT2D eigenvalue weighted by atomic mass is 16.6. The molecule has 0 aliphatic heterocycles. The monoisotopic (exact) mass is 225 g/mol. The minimum atomic E-state index is -0.562. The van der Waals surface area contributed by atoms with Crippen LogP contribution in [0.3, 0.4) is 0 Å². The van der Waals surface area contributed by atoms with Gasteiger partial charge in [0.2, 0.25) is 0 Å². The minimum absolute atomic E-state index is 0.449. The zero-order valence-corrected chi connectivity index (χ0v) is 10.4. The van der Waals surface area contributed by atoms with Crippen LogP contribution in [0.1, 0.15) is 40.3 Å². The van der Waals surface area contributed by atoms with Crippen LogP contribution in [0.25, 0.3) is 0 Å². The predicted octanol–water partition coefficient (Wildman–Crippen LogP) is 1.86. The van der Waals surface area contributed by atoms with E-state index in [2.05, 4.69) is 4.98 Å². The molecule has 1 rings (SSSR count). The molecular weight excluding hydrogens is 206 g/mol. The molecule has 0 aliphatic carbocycles. The molecule has 0 bridgehead atoms. The van der Waals surface area contributed by atoms with Crippen molar-refractivity contribution in [2.24, 2.45) is 5.73 Å². The lowest BCUT2D eigenvalue weighted by Crippen LogP contribution is -2.29. The molecule has 0 saturated heterocycles. The molecule has 0 spiro atoms. The summed E-state index contributed by atoms with van der Waals surface area (Å²) in [6.07, 6.45) is 2.56. The molecule has 0 aliphatic rings. The quantitative estimate of drug-likeness (QED) is 0.792. The van der Waals surface area contributed by atoms with E-state index in [0.717, 1.165) is 0 Å². The fourth-order valence-electron chi connectivity index (χ4n) is 1.07. The molecular formula is C11H19N3O2. The molecule has 1 aromatic rings. The third-order valence-electron chi connectivity index (χ3n) is 1.85. The van der Waals surface area contributed by atoms with E-state index >= 15 is 0 Å². The van der Waals surface area contributed by atoms with Gasteiger partial charge in [-0.05, 0) is 34.6 Å². The second-order valence-electron chi connectivity index (χ2n) is 5.37. The molecule has 0 unspecified atom stereocenters. The van der Waals surface area contributed by atoms with Gasteiger partial charge in [0, 0.05) is 6.20 Å². The van der Waals surface area contributed by atoms with Crippen molar-refractivity contribution in [2.45, 2.75) is 45.8 Å². The molecule has 1 heterocycles. The van der Waals surface area contributed by atoms with E-state index in [0.29, 0.717) is 5.69 Å². The Morgan fingerprint density at radius 1 is 1.38 bits per heavy atom. The Kier molecular flexibility index (Phi) is 3.10. The van der Waals surface area contributed by atoms with Crippen LogP contribution >= 0.6 is 0 Å². The molecule has 0 aromatic carbocycles. The van der Waals surface area contributed by atoms with Crippen molar-refractivity contribution < 1.29 is 9.53 Å². The lowest BCUT2D eigenvalue weighted by molar-refractivity contribution is 0.0536. The number of nitrogens with zero attached hydrogens (tertiary/aromatic N) is 2. The maximum Gasteiger partial charge on any atom is 0.419 e. The van der Waals surface area contributed by atoms with Gasteiger partial charge in [0.25, 0.3) is 0 Å². The van der Waals surface area contributed by atoms with Gasteiger partial charge in [0.05, 0.1) is 11.2 Å². The molecule has 0 fully saturated rings. The minimum Gasteiger partial charge on any atom is -0.443 e. The number of nitrogens with two attached hydrogens (primary N) is 1. The molecule has 1 aromatic heterocycles. The summed E-state index contributed by atoms with van der Waals surface area (Å²) in [5, 5.41) is 0. The number of carbonyl (C=O) groups excluding carboxylic acids is 1. The normalized spacial score (nSPS) is 12.6. The van der Waals surface area contributed by atoms with Crippen molar-refractivity contribution in [1.29, 1.82) is 0 Å². The molecule has 0 saturated carbocycles. The van der Waals surface area contributed by atoms with Crippen LogP contribution in [-0.4, -0.2) is 21.2 Å². The van der Waals surface area contributed by atoms with E-state index < -0.39 is 17.2 Å². The lowest BCUT2D eigenvalue weighted by atomic mass is 10.0. The number of hydrogen-bond donors (Lipinski definition) is 1. The van der Waals surface area contributed by atoms with Crippen LogP contribution in [-0.2, 0) is 10.3 Å². The first-order valence-electron chi connectivity index (χ1n) is 5.16. The maximum atomic E-state index is 11.7. The largest absolute Gasteiger partial charge is 0.443 e. The zero-order valence-electron chi connectivity index (χ0n) is 10.4. The summed E-state index contributed by atoms with van der Waals surface area (Å²) >= 11 is 0. The fourth-order valence-corrected chi connectivity index (χ4v) is 1.07. The van der Waals surface area contributed by atoms with Gasteiger partial charge < -0.3 is 10.5 Å². The average molecular weight is 225 g/mol. The van der Waals surface area contributed by atoms with E-state index in [4.69, 9.17) is 10.5 Å². The molecule has 5 nitrogen and oxygen atoms in total. The summed E-state index contributed by atoms with van der Waals surface area (Å²) in [5.41, 5.74) is 5.44. The molecule has 5 heteroatoms. The Morgan fingerprint density at radius 3 is 2.31 bits per heavy atom. The van der Waals surface area contributed by atoms with E-state index in [-0.39, 0.29) is 0 Å². The Bertz CT molecular complexity index is 383. The van der Waals surface area contributed by atoms with Crippen molar-refractivity contribution >= 4 is 6.09 Å². The van der Waals surface area contributed by atoms with Gasteiger partial charge in [-0.1, -0.05) is 0 Å². The summed E-state index contributed by atoms with van der Waals surface area (Å²) < 4.78 is 6.49. The number of imidazole rings is 1. The van der Waals surface area contributed by atoms with E-state index in [1.807, 2.05) is 34.6 Å². The Balaban J connectivity index is 2.83. The molecule has 0 atom stereocenters. The first-order valence-corrected chi connectivity index (χ1v) is 5.16. The van der Waals surface area contributed by atoms with E-state index in [9.17, 15) is 4.79 Å². The van der Waals surface area contributed by atoms with Crippen LogP contribution in [0, 0.1) is 0 Å². The lowest BCUT2D eigenvalue weighted by Gasteiger charge is -2.19. The number of ether oxygens (including phenoxy) is 1. The highest BCUT2D eigenvalue weighted by Crippen LogP contribution is 2.15. The highest BCUT2D eigenvalue weighted by molar-refractivity contribution is 5.70. The van der Waals surface area contributed by atoms with Crippen LogP contribution < -0.4 is 5.73 Å². The maximum absolute atomic E-state index is 11.7. The molecule has 0 amide bonds. The third-order valence-corrected chi connectivity index (χ3v) is 1.85. The molecule has 0 radical (unpaired) electrons. The summed E-state index contributed by atoms with van der Waals surface area (Å²) in [6.45, 7) is 9.10. The van der Waals surface area contributed by atoms with Gasteiger partial charge in [0.15, 0.2) is 0 Å². The first-order chi connectivity index (χ1) is 7.09. The van der Waals surface area contributed by atoms with Gasteiger partial charge >= 0.3 is 6.09 Å². The molecule has 2 N–H and O–H groups in total. The van der Waals surface area contributed by atoms with Gasteiger partial charge in [0.1, 0.15) is 11.9 Å². The average Bonchev–Trinajstić information content (AvgIpc) is 2.46. The van der Waals surface area contributed by atoms with Crippen LogP contribution in [0.5, 0.6) is 0 Å². The van der Waals surface area contributed by atoms with Crippen LogP contribution in [0.4, 0.5) is 4.79 Å². The van der Waals surface area contributed by atoms with E-state index in [1.165, 1.54) is 10.9 Å². The number of aromatic nitrogens is 2. The highest BCUT2D eigenvalue weighted by Gasteiger charge is 2.21. The third kappa shape index (κ3) is 3.34. The van der Waals surface area contributed by atoms with Crippen molar-refractivity contribution in [1.82, 2.24) is 9.55 Å². The van der Waals surface area contributed by atoms with Crippen LogP contribution in [0.2, 0.25) is 0 Å². The summed E-state index contributed by atoms with van der Waals surface area (Å²) in [5.74, 6) is 0. The Morgan fingerprint density at radius 2 is 1.94 bits per heavy atom. The second kappa shape index (κ2) is 3.90. The summed E-state index contributed by atoms with van der Waals surface area (Å²) in [6, 6.07) is 0. The Labute approximate surface area is 95.6 Å². The first kappa shape index (κ1) is 12.7. The second-order valence-corrected chi connectivity index (χ2v) is 5.37. The molecule has 16 heavy (non-hydrogen) atoms. The van der Waals surface area contributed by atoms with Crippen molar-refractivity contribution in [3.8, 4) is 0 Å². The van der Waals surface area contributed by atoms with Gasteiger partial charge in [-0.15, -0.1) is 0 Å². The SMILES string of the molecule is CC(C)(C)OC(=O)n1cnc(C(C)(C)N)c1. The number of rotatable bonds is 1. The Hall–Kier alpha value is -1.36. The van der Waals surface area contributed by atoms with Crippen LogP contribution in [0.15, 0.2) is 12.5 Å². The van der Waals surface area contributed by atoms with Crippen molar-refractivity contribution in [3.05, 3.63) is 18.2 Å². The van der Waals surface area contributed by atoms with Gasteiger partial charge in [-0.2, -0.15) is 0 Å². The van der Waals surface area contributed by atoms with Crippen molar-refractivity contribution in [3.63, 3.8) is 0 Å². The standard InChI is InChI=1S/C11H19N3O2/c1-10(2,3)16-9(15)14-6-8(13-7-14)11(4,5)12/h6-7H,12H2,1-5H3. The van der Waals surface area contributed by atoms with Crippen molar-refractivity contribution in [2.75, 3.05) is 0 Å². The van der Waals surface area contributed by atoms with Gasteiger partial charge in [-0.25, -0.2) is 14.3 Å². The zero-order chi connectivity index (χ0) is 12.6. The molecule has 90 valence electrons. The van der Waals surface area contributed by atoms with E-state index in [1.54, 1.807) is 6.20 Å². The smallest absolute Gasteiger partial charge is 0.419 e. The fraction of sp³-hybridized carbons (Fsp3) is 0.636. The summed E-state index contributed by atoms with van der Waals surface area (Å²) in [4.78, 5) is 15.7. The number of carbonyl (C=O) groups is 1. The van der Waals surface area contributed by atoms with Gasteiger partial charge in [-0.3, -0.25) is 0 Å². The number of hydrogen-bond acceptors (Lipinski definition) is 4. The predicted molar refractivity (Wildman–Crippen MR) is 61.1 cm³/mol.